The van der Waals surface area contributed by atoms with Crippen LogP contribution in [0.25, 0.3) is 0 Å². The number of carbonyl (C=O) groups excluding carboxylic acids is 1. The first-order valence-electron chi connectivity index (χ1n) is 10.3. The number of rotatable bonds is 5. The number of piperidine rings is 1. The molecule has 0 bridgehead atoms. The van der Waals surface area contributed by atoms with Crippen molar-refractivity contribution in [2.75, 3.05) is 13.1 Å². The van der Waals surface area contributed by atoms with Crippen LogP contribution >= 0.6 is 0 Å². The maximum atomic E-state index is 12.9. The van der Waals surface area contributed by atoms with E-state index in [2.05, 4.69) is 20.1 Å². The van der Waals surface area contributed by atoms with Crippen molar-refractivity contribution in [3.8, 4) is 0 Å². The third kappa shape index (κ3) is 4.35. The SMILES string of the molecule is O=C(NCc1nnc2n1CCCCC2)C1CCCN(S(=O)(=O)c2ccccc2)C1. The number of sulfonamides is 1. The van der Waals surface area contributed by atoms with Crippen LogP contribution in [0.2, 0.25) is 0 Å². The predicted molar refractivity (Wildman–Crippen MR) is 107 cm³/mol. The first kappa shape index (κ1) is 20.0. The van der Waals surface area contributed by atoms with E-state index in [4.69, 9.17) is 0 Å². The highest BCUT2D eigenvalue weighted by atomic mass is 32.2. The normalized spacial score (nSPS) is 20.6. The lowest BCUT2D eigenvalue weighted by molar-refractivity contribution is -0.126. The second-order valence-electron chi connectivity index (χ2n) is 7.73. The summed E-state index contributed by atoms with van der Waals surface area (Å²) >= 11 is 0. The number of fused-ring (bicyclic) bond motifs is 1. The second-order valence-corrected chi connectivity index (χ2v) is 9.67. The summed E-state index contributed by atoms with van der Waals surface area (Å²) < 4.78 is 29.3. The Morgan fingerprint density at radius 1 is 1.07 bits per heavy atom. The predicted octanol–water partition coefficient (Wildman–Crippen LogP) is 1.72. The number of carbonyl (C=O) groups is 1. The van der Waals surface area contributed by atoms with Gasteiger partial charge in [0, 0.05) is 26.1 Å². The van der Waals surface area contributed by atoms with Crippen LogP contribution in [-0.2, 0) is 34.3 Å². The molecule has 2 aromatic rings. The van der Waals surface area contributed by atoms with Crippen molar-refractivity contribution < 1.29 is 13.2 Å². The van der Waals surface area contributed by atoms with Gasteiger partial charge in [0.1, 0.15) is 5.82 Å². The number of benzene rings is 1. The summed E-state index contributed by atoms with van der Waals surface area (Å²) in [5.74, 6) is 1.29. The minimum absolute atomic E-state index is 0.121. The lowest BCUT2D eigenvalue weighted by Crippen LogP contribution is -2.45. The largest absolute Gasteiger partial charge is 0.349 e. The molecular weight excluding hydrogens is 390 g/mol. The van der Waals surface area contributed by atoms with Crippen LogP contribution in [0, 0.1) is 5.92 Å². The number of nitrogens with one attached hydrogen (secondary N) is 1. The van der Waals surface area contributed by atoms with E-state index in [9.17, 15) is 13.2 Å². The van der Waals surface area contributed by atoms with E-state index in [1.54, 1.807) is 30.3 Å². The van der Waals surface area contributed by atoms with Crippen LogP contribution in [0.4, 0.5) is 0 Å². The Labute approximate surface area is 171 Å². The molecule has 0 spiro atoms. The van der Waals surface area contributed by atoms with Gasteiger partial charge in [-0.05, 0) is 37.8 Å². The highest BCUT2D eigenvalue weighted by molar-refractivity contribution is 7.89. The van der Waals surface area contributed by atoms with Crippen molar-refractivity contribution >= 4 is 15.9 Å². The summed E-state index contributed by atoms with van der Waals surface area (Å²) in [6.45, 7) is 1.87. The molecular formula is C20H27N5O3S. The topological polar surface area (TPSA) is 97.2 Å². The molecule has 0 saturated carbocycles. The Morgan fingerprint density at radius 2 is 1.90 bits per heavy atom. The average Bonchev–Trinajstić information content (AvgIpc) is 2.98. The molecule has 1 unspecified atom stereocenters. The molecule has 1 N–H and O–H groups in total. The second kappa shape index (κ2) is 8.62. The standard InChI is InChI=1S/C20H27N5O3S/c26-20(21-14-19-23-22-18-11-5-2-6-13-25(18)19)16-8-7-12-24(15-16)29(27,28)17-9-3-1-4-10-17/h1,3-4,9-10,16H,2,5-8,11-15H2,(H,21,26). The number of amides is 1. The minimum Gasteiger partial charge on any atom is -0.349 e. The van der Waals surface area contributed by atoms with E-state index >= 15 is 0 Å². The molecule has 1 aromatic heterocycles. The molecule has 0 radical (unpaired) electrons. The third-order valence-corrected chi connectivity index (χ3v) is 7.62. The zero-order valence-electron chi connectivity index (χ0n) is 16.5. The van der Waals surface area contributed by atoms with Gasteiger partial charge >= 0.3 is 0 Å². The Balaban J connectivity index is 1.39. The lowest BCUT2D eigenvalue weighted by Gasteiger charge is -2.31. The number of aryl methyl sites for hydroxylation is 1. The molecule has 1 saturated heterocycles. The fraction of sp³-hybridized carbons (Fsp3) is 0.550. The molecule has 1 amide bonds. The van der Waals surface area contributed by atoms with Gasteiger partial charge in [-0.3, -0.25) is 4.79 Å². The quantitative estimate of drug-likeness (QED) is 0.799. The van der Waals surface area contributed by atoms with Gasteiger partial charge in [-0.2, -0.15) is 4.31 Å². The van der Waals surface area contributed by atoms with E-state index in [-0.39, 0.29) is 23.3 Å². The van der Waals surface area contributed by atoms with Crippen LogP contribution in [-0.4, -0.2) is 46.5 Å². The van der Waals surface area contributed by atoms with Crippen LogP contribution < -0.4 is 5.32 Å². The third-order valence-electron chi connectivity index (χ3n) is 5.74. The molecule has 1 fully saturated rings. The van der Waals surface area contributed by atoms with E-state index in [0.29, 0.717) is 25.9 Å². The number of nitrogens with zero attached hydrogens (tertiary/aromatic N) is 4. The maximum absolute atomic E-state index is 12.9. The van der Waals surface area contributed by atoms with Gasteiger partial charge < -0.3 is 9.88 Å². The Hall–Kier alpha value is -2.26. The van der Waals surface area contributed by atoms with Crippen LogP contribution in [0.15, 0.2) is 35.2 Å². The Bertz CT molecular complexity index is 958. The Kier molecular flexibility index (Phi) is 5.96. The van der Waals surface area contributed by atoms with Gasteiger partial charge in [-0.1, -0.05) is 24.6 Å². The fourth-order valence-corrected chi connectivity index (χ4v) is 5.65. The van der Waals surface area contributed by atoms with Crippen LogP contribution in [0.5, 0.6) is 0 Å². The highest BCUT2D eigenvalue weighted by Crippen LogP contribution is 2.24. The monoisotopic (exact) mass is 417 g/mol. The molecule has 1 atom stereocenters. The van der Waals surface area contributed by atoms with E-state index < -0.39 is 10.0 Å². The average molecular weight is 418 g/mol. The number of hydrogen-bond acceptors (Lipinski definition) is 5. The zero-order chi connectivity index (χ0) is 20.3. The number of hydrogen-bond donors (Lipinski definition) is 1. The summed E-state index contributed by atoms with van der Waals surface area (Å²) in [5, 5.41) is 11.5. The maximum Gasteiger partial charge on any atom is 0.243 e. The van der Waals surface area contributed by atoms with Crippen molar-refractivity contribution in [3.05, 3.63) is 42.0 Å². The van der Waals surface area contributed by atoms with E-state index in [1.807, 2.05) is 0 Å². The number of aromatic nitrogens is 3. The molecule has 3 heterocycles. The lowest BCUT2D eigenvalue weighted by atomic mass is 9.99. The molecule has 0 aliphatic carbocycles. The van der Waals surface area contributed by atoms with Gasteiger partial charge in [0.25, 0.3) is 0 Å². The Morgan fingerprint density at radius 3 is 2.72 bits per heavy atom. The molecule has 29 heavy (non-hydrogen) atoms. The molecule has 2 aliphatic rings. The fourth-order valence-electron chi connectivity index (χ4n) is 4.10. The van der Waals surface area contributed by atoms with E-state index in [1.165, 1.54) is 10.7 Å². The summed E-state index contributed by atoms with van der Waals surface area (Å²) in [4.78, 5) is 13.0. The van der Waals surface area contributed by atoms with Crippen molar-refractivity contribution in [2.45, 2.75) is 56.5 Å². The minimum atomic E-state index is -3.58. The van der Waals surface area contributed by atoms with Gasteiger partial charge in [-0.15, -0.1) is 10.2 Å². The molecule has 156 valence electrons. The van der Waals surface area contributed by atoms with Gasteiger partial charge in [-0.25, -0.2) is 8.42 Å². The van der Waals surface area contributed by atoms with Crippen molar-refractivity contribution in [1.82, 2.24) is 24.4 Å². The molecule has 8 nitrogen and oxygen atoms in total. The summed E-state index contributed by atoms with van der Waals surface area (Å²) in [6, 6.07) is 8.40. The first-order chi connectivity index (χ1) is 14.1. The zero-order valence-corrected chi connectivity index (χ0v) is 17.3. The van der Waals surface area contributed by atoms with Crippen molar-refractivity contribution in [1.29, 1.82) is 0 Å². The smallest absolute Gasteiger partial charge is 0.243 e. The molecule has 1 aromatic carbocycles. The van der Waals surface area contributed by atoms with Crippen molar-refractivity contribution in [3.63, 3.8) is 0 Å². The van der Waals surface area contributed by atoms with Gasteiger partial charge in [0.15, 0.2) is 5.82 Å². The highest BCUT2D eigenvalue weighted by Gasteiger charge is 2.33. The van der Waals surface area contributed by atoms with Crippen molar-refractivity contribution in [2.24, 2.45) is 5.92 Å². The first-order valence-corrected chi connectivity index (χ1v) is 11.7. The molecule has 4 rings (SSSR count). The summed E-state index contributed by atoms with van der Waals surface area (Å²) in [7, 11) is -3.58. The van der Waals surface area contributed by atoms with Crippen LogP contribution in [0.3, 0.4) is 0 Å². The van der Waals surface area contributed by atoms with Crippen LogP contribution in [0.1, 0.15) is 43.8 Å². The summed E-state index contributed by atoms with van der Waals surface area (Å²) in [6.07, 6.45) is 5.69. The van der Waals surface area contributed by atoms with Gasteiger partial charge in [0.05, 0.1) is 17.4 Å². The molecule has 2 aliphatic heterocycles. The molecule has 9 heteroatoms. The summed E-state index contributed by atoms with van der Waals surface area (Å²) in [5.41, 5.74) is 0. The van der Waals surface area contributed by atoms with Gasteiger partial charge in [0.2, 0.25) is 15.9 Å². The van der Waals surface area contributed by atoms with E-state index in [0.717, 1.165) is 37.5 Å².